The summed E-state index contributed by atoms with van der Waals surface area (Å²) in [6.45, 7) is 8.71. The number of benzene rings is 2. The van der Waals surface area contributed by atoms with Crippen LogP contribution in [0.15, 0.2) is 60.7 Å². The number of carbonyl (C=O) groups is 1. The molecule has 0 aromatic heterocycles. The molecule has 2 aromatic rings. The van der Waals surface area contributed by atoms with E-state index in [0.717, 1.165) is 18.9 Å². The maximum Gasteiger partial charge on any atom is 0.410 e. The maximum atomic E-state index is 12.6. The molecule has 2 atom stereocenters. The van der Waals surface area contributed by atoms with E-state index in [9.17, 15) is 9.90 Å². The van der Waals surface area contributed by atoms with E-state index in [1.807, 2.05) is 37.8 Å². The average Bonchev–Trinajstić information content (AvgIpc) is 3.16. The van der Waals surface area contributed by atoms with Crippen molar-refractivity contribution in [3.8, 4) is 0 Å². The highest BCUT2D eigenvalue weighted by atomic mass is 28.3. The lowest BCUT2D eigenvalue weighted by Gasteiger charge is -2.33. The van der Waals surface area contributed by atoms with Crippen molar-refractivity contribution < 1.29 is 14.6 Å². The minimum atomic E-state index is -2.11. The standard InChI is InChI=1S/C25H35NO3Si/c1-25(2,3)29-24(28)26-17-11-12-20(26)18-21(27)19-30(4,22-13-7-5-8-14-22)23-15-9-6-10-16-23/h5-10,13-16,20-21,27H,11-12,17-19H2,1-4H3/t20-,21-/m0/s1. The van der Waals surface area contributed by atoms with Gasteiger partial charge in [0, 0.05) is 12.6 Å². The fourth-order valence-corrected chi connectivity index (χ4v) is 8.29. The highest BCUT2D eigenvalue weighted by molar-refractivity contribution is 7.01. The normalized spacial score (nSPS) is 18.3. The first-order valence-electron chi connectivity index (χ1n) is 11.0. The molecule has 1 fully saturated rings. The summed E-state index contributed by atoms with van der Waals surface area (Å²) in [6, 6.07) is 21.9. The van der Waals surface area contributed by atoms with Gasteiger partial charge in [0.1, 0.15) is 13.7 Å². The van der Waals surface area contributed by atoms with Crippen molar-refractivity contribution in [2.75, 3.05) is 6.54 Å². The average molecular weight is 426 g/mol. The molecule has 0 saturated carbocycles. The Kier molecular flexibility index (Phi) is 7.04. The second kappa shape index (κ2) is 9.35. The van der Waals surface area contributed by atoms with Crippen LogP contribution in [0.5, 0.6) is 0 Å². The monoisotopic (exact) mass is 425 g/mol. The molecule has 4 nitrogen and oxygen atoms in total. The molecular formula is C25H35NO3Si. The van der Waals surface area contributed by atoms with Gasteiger partial charge < -0.3 is 14.7 Å². The molecule has 0 spiro atoms. The Morgan fingerprint density at radius 3 is 2.13 bits per heavy atom. The van der Waals surface area contributed by atoms with Gasteiger partial charge in [-0.2, -0.15) is 0 Å². The van der Waals surface area contributed by atoms with Gasteiger partial charge in [-0.3, -0.25) is 0 Å². The number of nitrogens with zero attached hydrogens (tertiary/aromatic N) is 1. The molecule has 162 valence electrons. The third-order valence-electron chi connectivity index (χ3n) is 6.02. The second-order valence-corrected chi connectivity index (χ2v) is 13.9. The van der Waals surface area contributed by atoms with E-state index in [-0.39, 0.29) is 12.1 Å². The highest BCUT2D eigenvalue weighted by Crippen LogP contribution is 2.26. The predicted octanol–water partition coefficient (Wildman–Crippen LogP) is 4.03. The van der Waals surface area contributed by atoms with Crippen molar-refractivity contribution in [3.05, 3.63) is 60.7 Å². The maximum absolute atomic E-state index is 12.6. The molecular weight excluding hydrogens is 390 g/mol. The molecule has 1 saturated heterocycles. The zero-order valence-corrected chi connectivity index (χ0v) is 19.7. The Morgan fingerprint density at radius 1 is 1.10 bits per heavy atom. The Bertz CT molecular complexity index is 780. The number of hydrogen-bond acceptors (Lipinski definition) is 3. The van der Waals surface area contributed by atoms with E-state index >= 15 is 0 Å². The molecule has 0 unspecified atom stereocenters. The predicted molar refractivity (Wildman–Crippen MR) is 125 cm³/mol. The van der Waals surface area contributed by atoms with Gasteiger partial charge in [-0.25, -0.2) is 4.79 Å². The number of likely N-dealkylation sites (tertiary alicyclic amines) is 1. The summed E-state index contributed by atoms with van der Waals surface area (Å²) in [5.41, 5.74) is -0.505. The molecule has 0 aliphatic carbocycles. The number of hydrogen-bond donors (Lipinski definition) is 1. The van der Waals surface area contributed by atoms with Crippen LogP contribution in [-0.4, -0.2) is 48.5 Å². The zero-order chi connectivity index (χ0) is 21.8. The van der Waals surface area contributed by atoms with Crippen LogP contribution >= 0.6 is 0 Å². The van der Waals surface area contributed by atoms with Crippen LogP contribution in [0.4, 0.5) is 4.79 Å². The summed E-state index contributed by atoms with van der Waals surface area (Å²) >= 11 is 0. The number of amides is 1. The Morgan fingerprint density at radius 2 is 1.63 bits per heavy atom. The minimum absolute atomic E-state index is 0.0413. The summed E-state index contributed by atoms with van der Waals surface area (Å²) in [7, 11) is -2.11. The molecule has 0 bridgehead atoms. The quantitative estimate of drug-likeness (QED) is 0.711. The third-order valence-corrected chi connectivity index (χ3v) is 10.5. The second-order valence-electron chi connectivity index (χ2n) is 9.63. The summed E-state index contributed by atoms with van der Waals surface area (Å²) < 4.78 is 5.59. The topological polar surface area (TPSA) is 49.8 Å². The van der Waals surface area contributed by atoms with E-state index in [1.165, 1.54) is 10.4 Å². The van der Waals surface area contributed by atoms with Gasteiger partial charge in [-0.1, -0.05) is 77.6 Å². The van der Waals surface area contributed by atoms with Crippen molar-refractivity contribution in [2.24, 2.45) is 0 Å². The van der Waals surface area contributed by atoms with Crippen LogP contribution in [0.3, 0.4) is 0 Å². The molecule has 1 aliphatic heterocycles. The summed E-state index contributed by atoms with van der Waals surface area (Å²) in [5.74, 6) is 0. The summed E-state index contributed by atoms with van der Waals surface area (Å²) in [6.07, 6.45) is 1.76. The number of aliphatic hydroxyl groups is 1. The van der Waals surface area contributed by atoms with E-state index in [0.29, 0.717) is 13.0 Å². The van der Waals surface area contributed by atoms with Crippen molar-refractivity contribution in [1.29, 1.82) is 0 Å². The Hall–Kier alpha value is -2.11. The lowest BCUT2D eigenvalue weighted by molar-refractivity contribution is 0.0186. The van der Waals surface area contributed by atoms with Crippen molar-refractivity contribution in [1.82, 2.24) is 4.90 Å². The Balaban J connectivity index is 1.75. The summed E-state index contributed by atoms with van der Waals surface area (Å²) in [5, 5.41) is 13.8. The van der Waals surface area contributed by atoms with E-state index in [1.54, 1.807) is 0 Å². The molecule has 1 aliphatic rings. The van der Waals surface area contributed by atoms with Gasteiger partial charge in [-0.05, 0) is 46.1 Å². The minimum Gasteiger partial charge on any atom is -0.444 e. The molecule has 1 heterocycles. The van der Waals surface area contributed by atoms with Crippen LogP contribution in [0, 0.1) is 0 Å². The van der Waals surface area contributed by atoms with Gasteiger partial charge >= 0.3 is 6.09 Å². The van der Waals surface area contributed by atoms with E-state index in [2.05, 4.69) is 55.1 Å². The van der Waals surface area contributed by atoms with Crippen molar-refractivity contribution in [3.63, 3.8) is 0 Å². The van der Waals surface area contributed by atoms with Crippen molar-refractivity contribution in [2.45, 2.75) is 70.4 Å². The van der Waals surface area contributed by atoms with Gasteiger partial charge in [0.05, 0.1) is 6.10 Å². The number of rotatable bonds is 6. The first kappa shape index (κ1) is 22.6. The zero-order valence-electron chi connectivity index (χ0n) is 18.7. The van der Waals surface area contributed by atoms with Crippen LogP contribution in [0.25, 0.3) is 0 Å². The smallest absolute Gasteiger partial charge is 0.410 e. The molecule has 5 heteroatoms. The lowest BCUT2D eigenvalue weighted by Crippen LogP contribution is -2.57. The highest BCUT2D eigenvalue weighted by Gasteiger charge is 2.37. The van der Waals surface area contributed by atoms with Gasteiger partial charge in [-0.15, -0.1) is 0 Å². The Labute approximate surface area is 181 Å². The van der Waals surface area contributed by atoms with E-state index < -0.39 is 19.8 Å². The van der Waals surface area contributed by atoms with Gasteiger partial charge in [0.25, 0.3) is 0 Å². The largest absolute Gasteiger partial charge is 0.444 e. The molecule has 3 rings (SSSR count). The first-order valence-corrected chi connectivity index (χ1v) is 13.7. The first-order chi connectivity index (χ1) is 14.2. The third kappa shape index (κ3) is 5.52. The molecule has 1 N–H and O–H groups in total. The molecule has 30 heavy (non-hydrogen) atoms. The fourth-order valence-electron chi connectivity index (χ4n) is 4.52. The molecule has 0 radical (unpaired) electrons. The van der Waals surface area contributed by atoms with Crippen LogP contribution in [0.2, 0.25) is 12.6 Å². The van der Waals surface area contributed by atoms with Gasteiger partial charge in [0.2, 0.25) is 0 Å². The molecule has 2 aromatic carbocycles. The van der Waals surface area contributed by atoms with Gasteiger partial charge in [0.15, 0.2) is 0 Å². The summed E-state index contributed by atoms with van der Waals surface area (Å²) in [4.78, 5) is 14.4. The van der Waals surface area contributed by atoms with Crippen LogP contribution in [-0.2, 0) is 4.74 Å². The number of carbonyl (C=O) groups excluding carboxylic acids is 1. The number of aliphatic hydroxyl groups excluding tert-OH is 1. The number of ether oxygens (including phenoxy) is 1. The fraction of sp³-hybridized carbons (Fsp3) is 0.480. The lowest BCUT2D eigenvalue weighted by atomic mass is 10.1. The van der Waals surface area contributed by atoms with E-state index in [4.69, 9.17) is 4.74 Å². The van der Waals surface area contributed by atoms with Crippen molar-refractivity contribution >= 4 is 24.5 Å². The van der Waals surface area contributed by atoms with Crippen LogP contribution in [0.1, 0.15) is 40.0 Å². The molecule has 1 amide bonds. The van der Waals surface area contributed by atoms with Crippen LogP contribution < -0.4 is 10.4 Å². The SMILES string of the molecule is CC(C)(C)OC(=O)N1CCC[C@H]1C[C@H](O)C[Si](C)(c1ccccc1)c1ccccc1.